The van der Waals surface area contributed by atoms with Crippen molar-refractivity contribution >= 4 is 11.6 Å². The van der Waals surface area contributed by atoms with E-state index in [1.165, 1.54) is 5.56 Å². The predicted molar refractivity (Wildman–Crippen MR) is 89.6 cm³/mol. The molecule has 0 saturated carbocycles. The molecule has 0 saturated heterocycles. The molecule has 0 unspecified atom stereocenters. The Morgan fingerprint density at radius 3 is 2.58 bits per heavy atom. The van der Waals surface area contributed by atoms with Crippen LogP contribution in [0, 0.1) is 20.8 Å². The van der Waals surface area contributed by atoms with Gasteiger partial charge in [0.05, 0.1) is 6.20 Å². The molecular formula is C18H19N3O3. The molecular weight excluding hydrogens is 306 g/mol. The molecule has 0 bridgehead atoms. The van der Waals surface area contributed by atoms with Crippen LogP contribution in [0.5, 0.6) is 0 Å². The van der Waals surface area contributed by atoms with E-state index in [1.54, 1.807) is 20.0 Å². The molecule has 1 amide bonds. The zero-order valence-corrected chi connectivity index (χ0v) is 13.9. The van der Waals surface area contributed by atoms with E-state index in [0.29, 0.717) is 35.2 Å². The molecule has 0 radical (unpaired) electrons. The van der Waals surface area contributed by atoms with E-state index in [1.807, 2.05) is 31.2 Å². The zero-order valence-electron chi connectivity index (χ0n) is 13.9. The van der Waals surface area contributed by atoms with Crippen molar-refractivity contribution < 1.29 is 13.7 Å². The van der Waals surface area contributed by atoms with Gasteiger partial charge < -0.3 is 14.3 Å². The molecule has 3 rings (SSSR count). The van der Waals surface area contributed by atoms with E-state index >= 15 is 0 Å². The van der Waals surface area contributed by atoms with Gasteiger partial charge in [-0.15, -0.1) is 0 Å². The first-order chi connectivity index (χ1) is 11.5. The molecule has 0 aliphatic heterocycles. The summed E-state index contributed by atoms with van der Waals surface area (Å²) in [6.45, 7) is 5.58. The van der Waals surface area contributed by atoms with Gasteiger partial charge in [-0.3, -0.25) is 4.79 Å². The third-order valence-corrected chi connectivity index (χ3v) is 3.75. The second-order valence-corrected chi connectivity index (χ2v) is 5.73. The summed E-state index contributed by atoms with van der Waals surface area (Å²) in [7, 11) is 0. The number of benzene rings is 1. The highest BCUT2D eigenvalue weighted by Crippen LogP contribution is 2.22. The monoisotopic (exact) mass is 325 g/mol. The first kappa shape index (κ1) is 16.0. The largest absolute Gasteiger partial charge is 0.441 e. The van der Waals surface area contributed by atoms with Crippen LogP contribution in [0.1, 0.15) is 29.3 Å². The molecule has 0 aliphatic rings. The second kappa shape index (κ2) is 6.70. The molecule has 0 fully saturated rings. The fourth-order valence-corrected chi connectivity index (χ4v) is 2.36. The highest BCUT2D eigenvalue weighted by Gasteiger charge is 2.13. The molecule has 6 heteroatoms. The van der Waals surface area contributed by atoms with E-state index in [2.05, 4.69) is 15.5 Å². The van der Waals surface area contributed by atoms with Gasteiger partial charge in [0.15, 0.2) is 17.4 Å². The van der Waals surface area contributed by atoms with E-state index in [4.69, 9.17) is 8.94 Å². The Balaban J connectivity index is 1.59. The molecule has 0 spiro atoms. The van der Waals surface area contributed by atoms with Gasteiger partial charge in [-0.2, -0.15) is 0 Å². The van der Waals surface area contributed by atoms with Crippen molar-refractivity contribution in [3.63, 3.8) is 0 Å². The summed E-state index contributed by atoms with van der Waals surface area (Å²) in [5.41, 5.74) is 3.46. The summed E-state index contributed by atoms with van der Waals surface area (Å²) in [5, 5.41) is 6.62. The maximum Gasteiger partial charge on any atom is 0.225 e. The number of nitrogens with one attached hydrogen (secondary N) is 1. The number of hydrogen-bond donors (Lipinski definition) is 1. The van der Waals surface area contributed by atoms with Crippen molar-refractivity contribution in [2.75, 3.05) is 5.32 Å². The first-order valence-electron chi connectivity index (χ1n) is 7.77. The number of carbonyl (C=O) groups is 1. The number of hydrogen-bond acceptors (Lipinski definition) is 5. The van der Waals surface area contributed by atoms with Gasteiger partial charge in [0.2, 0.25) is 5.91 Å². The van der Waals surface area contributed by atoms with E-state index in [0.717, 1.165) is 5.56 Å². The van der Waals surface area contributed by atoms with Gasteiger partial charge in [0, 0.05) is 18.4 Å². The Morgan fingerprint density at radius 2 is 1.92 bits per heavy atom. The van der Waals surface area contributed by atoms with Gasteiger partial charge in [0.25, 0.3) is 0 Å². The van der Waals surface area contributed by atoms with Crippen LogP contribution in [-0.2, 0) is 11.2 Å². The molecule has 2 aromatic heterocycles. The second-order valence-electron chi connectivity index (χ2n) is 5.73. The minimum Gasteiger partial charge on any atom is -0.441 e. The molecule has 24 heavy (non-hydrogen) atoms. The van der Waals surface area contributed by atoms with Gasteiger partial charge in [0.1, 0.15) is 11.4 Å². The molecule has 0 atom stereocenters. The van der Waals surface area contributed by atoms with E-state index in [-0.39, 0.29) is 12.3 Å². The summed E-state index contributed by atoms with van der Waals surface area (Å²) >= 11 is 0. The summed E-state index contributed by atoms with van der Waals surface area (Å²) in [4.78, 5) is 16.3. The Bertz CT molecular complexity index is 827. The van der Waals surface area contributed by atoms with Gasteiger partial charge in [-0.1, -0.05) is 35.0 Å². The Labute approximate surface area is 139 Å². The topological polar surface area (TPSA) is 81.2 Å². The molecule has 1 aromatic carbocycles. The van der Waals surface area contributed by atoms with Crippen LogP contribution in [0.4, 0.5) is 5.69 Å². The van der Waals surface area contributed by atoms with Crippen LogP contribution >= 0.6 is 0 Å². The van der Waals surface area contributed by atoms with Gasteiger partial charge in [-0.05, 0) is 20.8 Å². The quantitative estimate of drug-likeness (QED) is 0.771. The minimum atomic E-state index is -0.125. The third kappa shape index (κ3) is 3.53. The molecule has 3 aromatic rings. The predicted octanol–water partition coefficient (Wildman–Crippen LogP) is 3.83. The Kier molecular flexibility index (Phi) is 4.46. The lowest BCUT2D eigenvalue weighted by molar-refractivity contribution is -0.116. The number of oxazole rings is 1. The maximum absolute atomic E-state index is 12.1. The van der Waals surface area contributed by atoms with E-state index in [9.17, 15) is 4.79 Å². The fourth-order valence-electron chi connectivity index (χ4n) is 2.36. The number of anilines is 1. The number of aromatic nitrogens is 2. The minimum absolute atomic E-state index is 0.125. The number of aryl methyl sites for hydroxylation is 4. The SMILES string of the molecule is Cc1ccc(-c2cnc(CCC(=O)Nc3c(C)noc3C)o2)cc1. The Morgan fingerprint density at radius 1 is 1.17 bits per heavy atom. The highest BCUT2D eigenvalue weighted by molar-refractivity contribution is 5.91. The lowest BCUT2D eigenvalue weighted by Gasteiger charge is -2.02. The van der Waals surface area contributed by atoms with Crippen molar-refractivity contribution in [1.82, 2.24) is 10.1 Å². The molecule has 6 nitrogen and oxygen atoms in total. The number of carbonyl (C=O) groups excluding carboxylic acids is 1. The number of rotatable bonds is 5. The van der Waals surface area contributed by atoms with Crippen molar-refractivity contribution in [1.29, 1.82) is 0 Å². The van der Waals surface area contributed by atoms with Gasteiger partial charge >= 0.3 is 0 Å². The molecule has 1 N–H and O–H groups in total. The van der Waals surface area contributed by atoms with Crippen molar-refractivity contribution in [2.24, 2.45) is 0 Å². The normalized spacial score (nSPS) is 10.8. The number of amides is 1. The third-order valence-electron chi connectivity index (χ3n) is 3.75. The molecule has 124 valence electrons. The zero-order chi connectivity index (χ0) is 17.1. The lowest BCUT2D eigenvalue weighted by atomic mass is 10.1. The Hall–Kier alpha value is -2.89. The average Bonchev–Trinajstić information content (AvgIpc) is 3.16. The average molecular weight is 325 g/mol. The van der Waals surface area contributed by atoms with Crippen LogP contribution < -0.4 is 5.32 Å². The van der Waals surface area contributed by atoms with Crippen molar-refractivity contribution in [3.8, 4) is 11.3 Å². The maximum atomic E-state index is 12.1. The molecule has 0 aliphatic carbocycles. The smallest absolute Gasteiger partial charge is 0.225 e. The standard InChI is InChI=1S/C18H19N3O3/c1-11-4-6-14(7-5-11)15-10-19-17(23-15)9-8-16(22)20-18-12(2)21-24-13(18)3/h4-7,10H,8-9H2,1-3H3,(H,20,22). The summed E-state index contributed by atoms with van der Waals surface area (Å²) in [5.74, 6) is 1.72. The van der Waals surface area contributed by atoms with Crippen LogP contribution in [0.3, 0.4) is 0 Å². The lowest BCUT2D eigenvalue weighted by Crippen LogP contribution is -2.13. The van der Waals surface area contributed by atoms with Crippen LogP contribution in [0.15, 0.2) is 39.4 Å². The van der Waals surface area contributed by atoms with Crippen LogP contribution in [-0.4, -0.2) is 16.0 Å². The van der Waals surface area contributed by atoms with Crippen molar-refractivity contribution in [2.45, 2.75) is 33.6 Å². The summed E-state index contributed by atoms with van der Waals surface area (Å²) in [6.07, 6.45) is 2.39. The highest BCUT2D eigenvalue weighted by atomic mass is 16.5. The van der Waals surface area contributed by atoms with Crippen molar-refractivity contribution in [3.05, 3.63) is 53.4 Å². The van der Waals surface area contributed by atoms with Gasteiger partial charge in [-0.25, -0.2) is 4.98 Å². The fraction of sp³-hybridized carbons (Fsp3) is 0.278. The van der Waals surface area contributed by atoms with E-state index < -0.39 is 0 Å². The van der Waals surface area contributed by atoms with Crippen LogP contribution in [0.25, 0.3) is 11.3 Å². The van der Waals surface area contributed by atoms with Crippen LogP contribution in [0.2, 0.25) is 0 Å². The molecule has 2 heterocycles. The summed E-state index contributed by atoms with van der Waals surface area (Å²) < 4.78 is 10.7. The number of nitrogens with zero attached hydrogens (tertiary/aromatic N) is 2. The first-order valence-corrected chi connectivity index (χ1v) is 7.77. The summed E-state index contributed by atoms with van der Waals surface area (Å²) in [6, 6.07) is 8.02.